The Bertz CT molecular complexity index is 1050. The third kappa shape index (κ3) is 5.43. The van der Waals surface area contributed by atoms with Gasteiger partial charge in [-0.05, 0) is 48.6 Å². The molecule has 36 heavy (non-hydrogen) atoms. The summed E-state index contributed by atoms with van der Waals surface area (Å²) in [5.41, 5.74) is -0.149. The summed E-state index contributed by atoms with van der Waals surface area (Å²) in [5, 5.41) is 22.3. The first-order valence-corrected chi connectivity index (χ1v) is 12.1. The van der Waals surface area contributed by atoms with E-state index in [1.807, 2.05) is 26.0 Å². The van der Waals surface area contributed by atoms with Crippen molar-refractivity contribution < 1.29 is 28.6 Å². The third-order valence-electron chi connectivity index (χ3n) is 7.07. The molecular weight excluding hydrogens is 464 g/mol. The number of nitriles is 1. The highest BCUT2D eigenvalue weighted by molar-refractivity contribution is 5.56. The molecule has 0 aliphatic carbocycles. The van der Waals surface area contributed by atoms with Gasteiger partial charge in [0.15, 0.2) is 23.0 Å². The predicted molar refractivity (Wildman–Crippen MR) is 134 cm³/mol. The van der Waals surface area contributed by atoms with Crippen LogP contribution in [0, 0.1) is 27.4 Å². The van der Waals surface area contributed by atoms with Crippen molar-refractivity contribution in [3.05, 3.63) is 52.1 Å². The van der Waals surface area contributed by atoms with Gasteiger partial charge in [-0.2, -0.15) is 5.26 Å². The molecule has 3 unspecified atom stereocenters. The van der Waals surface area contributed by atoms with E-state index < -0.39 is 17.7 Å². The summed E-state index contributed by atoms with van der Waals surface area (Å²) in [6.07, 6.45) is 1.37. The Morgan fingerprint density at radius 2 is 1.69 bits per heavy atom. The number of ether oxygens (including phenoxy) is 5. The Morgan fingerprint density at radius 1 is 1.11 bits per heavy atom. The van der Waals surface area contributed by atoms with Crippen LogP contribution in [0.2, 0.25) is 0 Å². The lowest BCUT2D eigenvalue weighted by atomic mass is 9.67. The molecule has 1 aliphatic heterocycles. The first kappa shape index (κ1) is 26.9. The number of rotatable bonds is 13. The second kappa shape index (κ2) is 11.8. The lowest BCUT2D eigenvalue weighted by Crippen LogP contribution is -2.34. The molecule has 0 aromatic heterocycles. The molecule has 9 heteroatoms. The van der Waals surface area contributed by atoms with Gasteiger partial charge in [0.1, 0.15) is 0 Å². The number of benzene rings is 2. The lowest BCUT2D eigenvalue weighted by molar-refractivity contribution is -0.527. The Balaban J connectivity index is 1.80. The quantitative estimate of drug-likeness (QED) is 0.262. The van der Waals surface area contributed by atoms with Gasteiger partial charge in [-0.3, -0.25) is 10.1 Å². The van der Waals surface area contributed by atoms with Gasteiger partial charge in [-0.1, -0.05) is 32.4 Å². The van der Waals surface area contributed by atoms with E-state index >= 15 is 0 Å². The summed E-state index contributed by atoms with van der Waals surface area (Å²) in [6, 6.07) is 12.5. The smallest absolute Gasteiger partial charge is 0.248 e. The van der Waals surface area contributed by atoms with Crippen molar-refractivity contribution in [2.24, 2.45) is 5.92 Å². The number of methoxy groups -OCH3 is 3. The topological polar surface area (TPSA) is 113 Å². The molecule has 1 aliphatic rings. The SMILES string of the molecule is CCC(C)C(C#N)(CCCC(CC1Oc2ccccc2O1)[N+](=O)[O-])c1cc(OC)c(OC)c(OC)c1. The maximum atomic E-state index is 11.9. The van der Waals surface area contributed by atoms with E-state index in [1.165, 1.54) is 21.3 Å². The monoisotopic (exact) mass is 498 g/mol. The van der Waals surface area contributed by atoms with Gasteiger partial charge in [-0.15, -0.1) is 0 Å². The number of para-hydroxylation sites is 2. The minimum atomic E-state index is -0.890. The van der Waals surface area contributed by atoms with Crippen molar-refractivity contribution in [3.8, 4) is 34.8 Å². The zero-order valence-corrected chi connectivity index (χ0v) is 21.5. The molecule has 2 aromatic carbocycles. The van der Waals surface area contributed by atoms with E-state index in [4.69, 9.17) is 23.7 Å². The van der Waals surface area contributed by atoms with Gasteiger partial charge in [0, 0.05) is 11.3 Å². The first-order chi connectivity index (χ1) is 17.3. The van der Waals surface area contributed by atoms with Crippen molar-refractivity contribution in [2.75, 3.05) is 21.3 Å². The Hall–Kier alpha value is -3.67. The Kier molecular flexibility index (Phi) is 8.86. The maximum absolute atomic E-state index is 11.9. The van der Waals surface area contributed by atoms with E-state index in [0.29, 0.717) is 41.6 Å². The van der Waals surface area contributed by atoms with Crippen molar-refractivity contribution in [1.29, 1.82) is 5.26 Å². The van der Waals surface area contributed by atoms with Gasteiger partial charge in [0.2, 0.25) is 18.1 Å². The van der Waals surface area contributed by atoms with Crippen LogP contribution in [-0.4, -0.2) is 38.6 Å². The molecule has 0 fully saturated rings. The fourth-order valence-corrected chi connectivity index (χ4v) is 4.79. The summed E-state index contributed by atoms with van der Waals surface area (Å²) < 4.78 is 27.9. The van der Waals surface area contributed by atoms with E-state index in [0.717, 1.165) is 12.0 Å². The zero-order valence-electron chi connectivity index (χ0n) is 21.5. The van der Waals surface area contributed by atoms with E-state index in [1.54, 1.807) is 24.3 Å². The van der Waals surface area contributed by atoms with Crippen LogP contribution < -0.4 is 23.7 Å². The highest BCUT2D eigenvalue weighted by atomic mass is 16.7. The zero-order chi connectivity index (χ0) is 26.3. The Labute approximate surface area is 212 Å². The maximum Gasteiger partial charge on any atom is 0.248 e. The van der Waals surface area contributed by atoms with Crippen LogP contribution in [0.1, 0.15) is 51.5 Å². The molecule has 0 amide bonds. The molecule has 3 atom stereocenters. The summed E-state index contributed by atoms with van der Waals surface area (Å²) in [5.74, 6) is 2.54. The summed E-state index contributed by atoms with van der Waals surface area (Å²) in [7, 11) is 4.59. The van der Waals surface area contributed by atoms with Gasteiger partial charge in [0.25, 0.3) is 0 Å². The second-order valence-electron chi connectivity index (χ2n) is 8.99. The highest BCUT2D eigenvalue weighted by Crippen LogP contribution is 2.46. The van der Waals surface area contributed by atoms with Crippen molar-refractivity contribution in [3.63, 3.8) is 0 Å². The van der Waals surface area contributed by atoms with Crippen LogP contribution in [0.15, 0.2) is 36.4 Å². The molecule has 0 bridgehead atoms. The number of fused-ring (bicyclic) bond motifs is 1. The molecule has 194 valence electrons. The summed E-state index contributed by atoms with van der Waals surface area (Å²) >= 11 is 0. The largest absolute Gasteiger partial charge is 0.493 e. The molecule has 9 nitrogen and oxygen atoms in total. The van der Waals surface area contributed by atoms with Gasteiger partial charge in [-0.25, -0.2) is 0 Å². The van der Waals surface area contributed by atoms with Crippen molar-refractivity contribution in [2.45, 2.75) is 63.7 Å². The van der Waals surface area contributed by atoms with E-state index in [9.17, 15) is 15.4 Å². The van der Waals surface area contributed by atoms with E-state index in [2.05, 4.69) is 6.07 Å². The molecule has 0 radical (unpaired) electrons. The number of nitro groups is 1. The molecule has 0 saturated carbocycles. The number of nitrogens with zero attached hydrogens (tertiary/aromatic N) is 2. The molecule has 0 saturated heterocycles. The minimum absolute atomic E-state index is 0.0182. The lowest BCUT2D eigenvalue weighted by Gasteiger charge is -2.34. The molecular formula is C27H34N2O7. The van der Waals surface area contributed by atoms with Gasteiger partial charge < -0.3 is 23.7 Å². The van der Waals surface area contributed by atoms with Crippen LogP contribution in [0.5, 0.6) is 28.7 Å². The minimum Gasteiger partial charge on any atom is -0.493 e. The third-order valence-corrected chi connectivity index (χ3v) is 7.07. The molecule has 1 heterocycles. The molecule has 0 spiro atoms. The van der Waals surface area contributed by atoms with Crippen LogP contribution >= 0.6 is 0 Å². The number of hydrogen-bond acceptors (Lipinski definition) is 8. The van der Waals surface area contributed by atoms with Crippen molar-refractivity contribution in [1.82, 2.24) is 0 Å². The second-order valence-corrected chi connectivity index (χ2v) is 8.99. The first-order valence-electron chi connectivity index (χ1n) is 12.1. The fourth-order valence-electron chi connectivity index (χ4n) is 4.79. The highest BCUT2D eigenvalue weighted by Gasteiger charge is 2.40. The summed E-state index contributed by atoms with van der Waals surface area (Å²) in [6.45, 7) is 4.05. The number of hydrogen-bond donors (Lipinski definition) is 0. The van der Waals surface area contributed by atoms with E-state index in [-0.39, 0.29) is 23.7 Å². The van der Waals surface area contributed by atoms with Crippen LogP contribution in [-0.2, 0) is 5.41 Å². The van der Waals surface area contributed by atoms with Crippen LogP contribution in [0.4, 0.5) is 0 Å². The van der Waals surface area contributed by atoms with Crippen LogP contribution in [0.25, 0.3) is 0 Å². The van der Waals surface area contributed by atoms with Crippen LogP contribution in [0.3, 0.4) is 0 Å². The molecule has 0 N–H and O–H groups in total. The fraction of sp³-hybridized carbons (Fsp3) is 0.519. The normalized spacial score (nSPS) is 15.9. The molecule has 2 aromatic rings. The van der Waals surface area contributed by atoms with Gasteiger partial charge >= 0.3 is 0 Å². The standard InChI is InChI=1S/C27H34N2O7/c1-6-18(2)27(17-28,19-14-23(32-3)26(34-5)24(15-19)33-4)13-9-10-20(29(30)31)16-25-35-21-11-7-8-12-22(21)36-25/h7-8,11-12,14-15,18,20,25H,6,9-10,13,16H2,1-5H3. The average Bonchev–Trinajstić information content (AvgIpc) is 3.31. The Morgan fingerprint density at radius 3 is 2.14 bits per heavy atom. The predicted octanol–water partition coefficient (Wildman–Crippen LogP) is 5.52. The van der Waals surface area contributed by atoms with Gasteiger partial charge in [0.05, 0.1) is 39.2 Å². The summed E-state index contributed by atoms with van der Waals surface area (Å²) in [4.78, 5) is 11.6. The average molecular weight is 499 g/mol. The van der Waals surface area contributed by atoms with Crippen molar-refractivity contribution >= 4 is 0 Å². The molecule has 3 rings (SSSR count).